The van der Waals surface area contributed by atoms with Crippen LogP contribution >= 0.6 is 0 Å². The van der Waals surface area contributed by atoms with Gasteiger partial charge in [0.15, 0.2) is 5.03 Å². The molecule has 3 aromatic heterocycles. The number of aromatic nitrogens is 4. The zero-order chi connectivity index (χ0) is 21.3. The summed E-state index contributed by atoms with van der Waals surface area (Å²) in [7, 11) is -1.78. The van der Waals surface area contributed by atoms with E-state index in [-0.39, 0.29) is 10.9 Å². The van der Waals surface area contributed by atoms with Crippen LogP contribution in [0.15, 0.2) is 47.9 Å². The van der Waals surface area contributed by atoms with Crippen molar-refractivity contribution in [2.75, 3.05) is 18.4 Å². The van der Waals surface area contributed by atoms with E-state index in [2.05, 4.69) is 15.3 Å². The molecule has 4 rings (SSSR count). The van der Waals surface area contributed by atoms with Crippen LogP contribution in [0, 0.1) is 13.8 Å². The minimum absolute atomic E-state index is 0.106. The molecule has 1 N–H and O–H groups in total. The number of rotatable bonds is 5. The number of anilines is 2. The fourth-order valence-corrected chi connectivity index (χ4v) is 5.22. The van der Waals surface area contributed by atoms with Crippen LogP contribution in [0.25, 0.3) is 0 Å². The molecule has 158 valence electrons. The summed E-state index contributed by atoms with van der Waals surface area (Å²) in [5, 5.41) is 3.46. The molecule has 30 heavy (non-hydrogen) atoms. The number of hydrogen-bond donors (Lipinski definition) is 1. The Morgan fingerprint density at radius 2 is 1.83 bits per heavy atom. The van der Waals surface area contributed by atoms with Crippen LogP contribution in [0.2, 0.25) is 0 Å². The molecule has 3 aromatic rings. The first kappa shape index (κ1) is 20.5. The largest absolute Gasteiger partial charge is 0.340 e. The molecule has 0 saturated carbocycles. The van der Waals surface area contributed by atoms with E-state index in [0.717, 1.165) is 41.4 Å². The number of nitrogens with one attached hydrogen (secondary N) is 1. The van der Waals surface area contributed by atoms with Crippen molar-refractivity contribution in [3.63, 3.8) is 0 Å². The highest BCUT2D eigenvalue weighted by molar-refractivity contribution is 7.89. The third-order valence-electron chi connectivity index (χ3n) is 5.29. The van der Waals surface area contributed by atoms with Gasteiger partial charge in [-0.15, -0.1) is 0 Å². The van der Waals surface area contributed by atoms with Crippen molar-refractivity contribution in [1.82, 2.24) is 23.8 Å². The van der Waals surface area contributed by atoms with Gasteiger partial charge in [0.1, 0.15) is 5.82 Å². The van der Waals surface area contributed by atoms with Crippen LogP contribution in [0.3, 0.4) is 0 Å². The van der Waals surface area contributed by atoms with Gasteiger partial charge in [-0.25, -0.2) is 18.4 Å². The molecule has 0 aromatic carbocycles. The molecule has 9 heteroatoms. The second-order valence-electron chi connectivity index (χ2n) is 7.77. The molecule has 1 fully saturated rings. The zero-order valence-electron chi connectivity index (χ0n) is 17.4. The number of hydrogen-bond acceptors (Lipinski definition) is 6. The average Bonchev–Trinajstić information content (AvgIpc) is 3.15. The van der Waals surface area contributed by atoms with Crippen LogP contribution in [0.1, 0.15) is 35.8 Å². The van der Waals surface area contributed by atoms with E-state index in [9.17, 15) is 8.42 Å². The highest BCUT2D eigenvalue weighted by Gasteiger charge is 2.32. The summed E-state index contributed by atoms with van der Waals surface area (Å²) in [5.74, 6) is 1.01. The van der Waals surface area contributed by atoms with E-state index in [1.54, 1.807) is 17.8 Å². The summed E-state index contributed by atoms with van der Waals surface area (Å²) < 4.78 is 28.8. The topological polar surface area (TPSA) is 93.0 Å². The molecule has 0 amide bonds. The number of aryl methyl sites for hydroxylation is 3. The van der Waals surface area contributed by atoms with Gasteiger partial charge in [0, 0.05) is 55.0 Å². The second kappa shape index (κ2) is 8.16. The molecular formula is C21H26N6O2S. The molecule has 0 aliphatic carbocycles. The fourth-order valence-electron chi connectivity index (χ4n) is 3.78. The SMILES string of the molecule is Cc1cccc(Nc2cc(C)nc(C3CCN(S(=O)(=O)c4cn(C)cn4)CC3)c2)n1. The first-order chi connectivity index (χ1) is 14.3. The van der Waals surface area contributed by atoms with E-state index in [4.69, 9.17) is 4.98 Å². The Hall–Kier alpha value is -2.78. The van der Waals surface area contributed by atoms with Gasteiger partial charge in [-0.3, -0.25) is 4.98 Å². The van der Waals surface area contributed by atoms with Crippen molar-refractivity contribution in [3.8, 4) is 0 Å². The molecule has 0 radical (unpaired) electrons. The minimum Gasteiger partial charge on any atom is -0.340 e. The highest BCUT2D eigenvalue weighted by atomic mass is 32.2. The molecule has 1 saturated heterocycles. The summed E-state index contributed by atoms with van der Waals surface area (Å²) in [4.78, 5) is 13.2. The fraction of sp³-hybridized carbons (Fsp3) is 0.381. The normalized spacial score (nSPS) is 16.0. The van der Waals surface area contributed by atoms with Crippen molar-refractivity contribution in [2.45, 2.75) is 37.6 Å². The standard InChI is InChI=1S/C21H26N6O2S/c1-15-5-4-6-20(24-15)25-18-11-16(2)23-19(12-18)17-7-9-27(10-8-17)30(28,29)21-13-26(3)14-22-21/h4-6,11-14,17H,7-10H2,1-3H3,(H,23,24,25). The predicted octanol–water partition coefficient (Wildman–Crippen LogP) is 3.14. The minimum atomic E-state index is -3.55. The van der Waals surface area contributed by atoms with E-state index < -0.39 is 10.0 Å². The van der Waals surface area contributed by atoms with Crippen molar-refractivity contribution < 1.29 is 8.42 Å². The summed E-state index contributed by atoms with van der Waals surface area (Å²) in [6.45, 7) is 4.85. The second-order valence-corrected chi connectivity index (χ2v) is 9.65. The van der Waals surface area contributed by atoms with Gasteiger partial charge >= 0.3 is 0 Å². The van der Waals surface area contributed by atoms with Crippen molar-refractivity contribution in [3.05, 3.63) is 59.9 Å². The Balaban J connectivity index is 1.47. The number of imidazole rings is 1. The molecular weight excluding hydrogens is 400 g/mol. The maximum atomic E-state index is 12.8. The Bertz CT molecular complexity index is 1150. The number of nitrogens with zero attached hydrogens (tertiary/aromatic N) is 5. The lowest BCUT2D eigenvalue weighted by atomic mass is 9.93. The van der Waals surface area contributed by atoms with Crippen molar-refractivity contribution >= 4 is 21.5 Å². The van der Waals surface area contributed by atoms with Gasteiger partial charge in [0.05, 0.1) is 6.33 Å². The molecule has 0 atom stereocenters. The number of sulfonamides is 1. The lowest BCUT2D eigenvalue weighted by Gasteiger charge is -2.30. The van der Waals surface area contributed by atoms with Gasteiger partial charge in [-0.1, -0.05) is 6.07 Å². The van der Waals surface area contributed by atoms with Gasteiger partial charge in [0.25, 0.3) is 10.0 Å². The lowest BCUT2D eigenvalue weighted by molar-refractivity contribution is 0.316. The summed E-state index contributed by atoms with van der Waals surface area (Å²) in [6.07, 6.45) is 4.50. The summed E-state index contributed by atoms with van der Waals surface area (Å²) in [5.41, 5.74) is 3.80. The van der Waals surface area contributed by atoms with Gasteiger partial charge in [-0.2, -0.15) is 4.31 Å². The van der Waals surface area contributed by atoms with Crippen LogP contribution < -0.4 is 5.32 Å². The Labute approximate surface area is 177 Å². The molecule has 1 aliphatic rings. The van der Waals surface area contributed by atoms with Gasteiger partial charge in [0.2, 0.25) is 0 Å². The smallest absolute Gasteiger partial charge is 0.262 e. The number of piperidine rings is 1. The van der Waals surface area contributed by atoms with Gasteiger partial charge < -0.3 is 9.88 Å². The van der Waals surface area contributed by atoms with Crippen LogP contribution in [-0.4, -0.2) is 45.3 Å². The predicted molar refractivity (Wildman–Crippen MR) is 115 cm³/mol. The zero-order valence-corrected chi connectivity index (χ0v) is 18.2. The maximum Gasteiger partial charge on any atom is 0.262 e. The molecule has 1 aliphatic heterocycles. The summed E-state index contributed by atoms with van der Waals surface area (Å²) in [6, 6.07) is 9.90. The quantitative estimate of drug-likeness (QED) is 0.674. The molecule has 8 nitrogen and oxygen atoms in total. The lowest BCUT2D eigenvalue weighted by Crippen LogP contribution is -2.38. The Morgan fingerprint density at radius 1 is 1.07 bits per heavy atom. The van der Waals surface area contributed by atoms with Crippen LogP contribution in [0.4, 0.5) is 11.5 Å². The average molecular weight is 427 g/mol. The third-order valence-corrected chi connectivity index (χ3v) is 7.08. The Kier molecular flexibility index (Phi) is 5.57. The molecule has 0 spiro atoms. The molecule has 0 bridgehead atoms. The number of pyridine rings is 2. The van der Waals surface area contributed by atoms with Gasteiger partial charge in [-0.05, 0) is 51.0 Å². The van der Waals surface area contributed by atoms with Crippen molar-refractivity contribution in [1.29, 1.82) is 0 Å². The molecule has 0 unspecified atom stereocenters. The first-order valence-corrected chi connectivity index (χ1v) is 11.4. The maximum absolute atomic E-state index is 12.8. The monoisotopic (exact) mass is 426 g/mol. The van der Waals surface area contributed by atoms with E-state index in [1.807, 2.05) is 44.2 Å². The van der Waals surface area contributed by atoms with Crippen LogP contribution in [0.5, 0.6) is 0 Å². The van der Waals surface area contributed by atoms with E-state index in [0.29, 0.717) is 13.1 Å². The van der Waals surface area contributed by atoms with Crippen molar-refractivity contribution in [2.24, 2.45) is 7.05 Å². The van der Waals surface area contributed by atoms with E-state index in [1.165, 1.54) is 10.6 Å². The first-order valence-electron chi connectivity index (χ1n) is 9.98. The Morgan fingerprint density at radius 3 is 2.50 bits per heavy atom. The third kappa shape index (κ3) is 4.36. The molecule has 4 heterocycles. The van der Waals surface area contributed by atoms with Crippen LogP contribution in [-0.2, 0) is 17.1 Å². The van der Waals surface area contributed by atoms with E-state index >= 15 is 0 Å². The summed E-state index contributed by atoms with van der Waals surface area (Å²) >= 11 is 0. The highest BCUT2D eigenvalue weighted by Crippen LogP contribution is 2.31.